The number of benzene rings is 1. The Morgan fingerprint density at radius 3 is 2.05 bits per heavy atom. The second kappa shape index (κ2) is 7.63. The van der Waals surface area contributed by atoms with Crippen LogP contribution < -0.4 is 10.2 Å². The van der Waals surface area contributed by atoms with Gasteiger partial charge in [0.2, 0.25) is 5.91 Å². The molecule has 0 bridgehead atoms. The summed E-state index contributed by atoms with van der Waals surface area (Å²) >= 11 is 0. The van der Waals surface area contributed by atoms with Crippen LogP contribution in [0, 0.1) is 5.41 Å². The third kappa shape index (κ3) is 6.06. The molecule has 0 aromatic heterocycles. The SMILES string of the molecule is CN(C)c1ccc(C(CNC(=O)CC(C)(C)C)N(C)C)cc1. The van der Waals surface area contributed by atoms with E-state index in [0.29, 0.717) is 13.0 Å². The second-order valence-corrected chi connectivity index (χ2v) is 7.51. The molecular formula is C18H31N3O. The molecule has 1 rings (SSSR count). The minimum atomic E-state index is 0.0189. The molecule has 1 aromatic carbocycles. The average molecular weight is 305 g/mol. The maximum Gasteiger partial charge on any atom is 0.220 e. The third-order valence-corrected chi connectivity index (χ3v) is 3.60. The first-order valence-corrected chi connectivity index (χ1v) is 7.80. The van der Waals surface area contributed by atoms with Crippen molar-refractivity contribution in [1.29, 1.82) is 0 Å². The van der Waals surface area contributed by atoms with Gasteiger partial charge in [-0.15, -0.1) is 0 Å². The van der Waals surface area contributed by atoms with Crippen LogP contribution in [0.3, 0.4) is 0 Å². The molecule has 4 heteroatoms. The molecule has 0 aliphatic heterocycles. The van der Waals surface area contributed by atoms with Gasteiger partial charge in [0.15, 0.2) is 0 Å². The molecule has 1 unspecified atom stereocenters. The van der Waals surface area contributed by atoms with Gasteiger partial charge >= 0.3 is 0 Å². The van der Waals surface area contributed by atoms with Crippen LogP contribution in [0.5, 0.6) is 0 Å². The number of likely N-dealkylation sites (N-methyl/N-ethyl adjacent to an activating group) is 1. The van der Waals surface area contributed by atoms with Crippen molar-refractivity contribution in [3.8, 4) is 0 Å². The maximum absolute atomic E-state index is 12.0. The van der Waals surface area contributed by atoms with Crippen LogP contribution in [0.15, 0.2) is 24.3 Å². The summed E-state index contributed by atoms with van der Waals surface area (Å²) < 4.78 is 0. The first-order valence-electron chi connectivity index (χ1n) is 7.80. The highest BCUT2D eigenvalue weighted by Crippen LogP contribution is 2.22. The first-order chi connectivity index (χ1) is 10.1. The van der Waals surface area contributed by atoms with E-state index in [2.05, 4.69) is 60.2 Å². The molecule has 4 nitrogen and oxygen atoms in total. The van der Waals surface area contributed by atoms with Gasteiger partial charge < -0.3 is 15.1 Å². The zero-order valence-electron chi connectivity index (χ0n) is 15.1. The monoisotopic (exact) mass is 305 g/mol. The third-order valence-electron chi connectivity index (χ3n) is 3.60. The van der Waals surface area contributed by atoms with E-state index in [1.165, 1.54) is 11.3 Å². The Kier molecular flexibility index (Phi) is 6.42. The Morgan fingerprint density at radius 2 is 1.64 bits per heavy atom. The number of anilines is 1. The number of hydrogen-bond acceptors (Lipinski definition) is 3. The quantitative estimate of drug-likeness (QED) is 0.878. The summed E-state index contributed by atoms with van der Waals surface area (Å²) in [6, 6.07) is 8.68. The van der Waals surface area contributed by atoms with Crippen LogP contribution in [0.25, 0.3) is 0 Å². The van der Waals surface area contributed by atoms with E-state index < -0.39 is 0 Å². The minimum Gasteiger partial charge on any atom is -0.378 e. The van der Waals surface area contributed by atoms with Crippen molar-refractivity contribution in [1.82, 2.24) is 10.2 Å². The van der Waals surface area contributed by atoms with Crippen LogP contribution in [-0.2, 0) is 4.79 Å². The van der Waals surface area contributed by atoms with Crippen molar-refractivity contribution < 1.29 is 4.79 Å². The van der Waals surface area contributed by atoms with Crippen LogP contribution in [0.4, 0.5) is 5.69 Å². The van der Waals surface area contributed by atoms with Gasteiger partial charge in [0.25, 0.3) is 0 Å². The van der Waals surface area contributed by atoms with E-state index in [-0.39, 0.29) is 17.4 Å². The Balaban J connectivity index is 2.72. The van der Waals surface area contributed by atoms with Crippen LogP contribution in [0.2, 0.25) is 0 Å². The van der Waals surface area contributed by atoms with Gasteiger partial charge in [0.05, 0.1) is 6.04 Å². The van der Waals surface area contributed by atoms with E-state index in [1.54, 1.807) is 0 Å². The topological polar surface area (TPSA) is 35.6 Å². The molecule has 0 spiro atoms. The van der Waals surface area contributed by atoms with Crippen LogP contribution in [-0.4, -0.2) is 45.5 Å². The number of amides is 1. The fourth-order valence-corrected chi connectivity index (χ4v) is 2.35. The lowest BCUT2D eigenvalue weighted by Crippen LogP contribution is -2.36. The number of carbonyl (C=O) groups is 1. The summed E-state index contributed by atoms with van der Waals surface area (Å²) in [6.45, 7) is 6.87. The van der Waals surface area contributed by atoms with Gasteiger partial charge in [-0.05, 0) is 37.2 Å². The molecule has 1 atom stereocenters. The molecule has 0 heterocycles. The smallest absolute Gasteiger partial charge is 0.220 e. The number of rotatable bonds is 6. The van der Waals surface area contributed by atoms with E-state index in [0.717, 1.165) is 0 Å². The van der Waals surface area contributed by atoms with Gasteiger partial charge in [-0.1, -0.05) is 32.9 Å². The van der Waals surface area contributed by atoms with Gasteiger partial charge in [-0.25, -0.2) is 0 Å². The molecule has 0 radical (unpaired) electrons. The molecule has 22 heavy (non-hydrogen) atoms. The standard InChI is InChI=1S/C18H31N3O/c1-18(2,3)12-17(22)19-13-16(21(6)7)14-8-10-15(11-9-14)20(4)5/h8-11,16H,12-13H2,1-7H3,(H,19,22). The summed E-state index contributed by atoms with van der Waals surface area (Å²) in [6.07, 6.45) is 0.548. The summed E-state index contributed by atoms with van der Waals surface area (Å²) in [5.74, 6) is 0.115. The van der Waals surface area contributed by atoms with Gasteiger partial charge in [-0.2, -0.15) is 0 Å². The molecule has 0 saturated carbocycles. The molecule has 0 fully saturated rings. The Morgan fingerprint density at radius 1 is 1.09 bits per heavy atom. The summed E-state index contributed by atoms with van der Waals surface area (Å²) in [4.78, 5) is 16.2. The minimum absolute atomic E-state index is 0.0189. The fraction of sp³-hybridized carbons (Fsp3) is 0.611. The number of hydrogen-bond donors (Lipinski definition) is 1. The highest BCUT2D eigenvalue weighted by atomic mass is 16.1. The highest BCUT2D eigenvalue weighted by molar-refractivity contribution is 5.76. The molecule has 0 saturated heterocycles. The summed E-state index contributed by atoms with van der Waals surface area (Å²) in [5, 5.41) is 3.07. The van der Waals surface area contributed by atoms with Crippen molar-refractivity contribution in [2.75, 3.05) is 39.6 Å². The lowest BCUT2D eigenvalue weighted by atomic mass is 9.92. The maximum atomic E-state index is 12.0. The largest absolute Gasteiger partial charge is 0.378 e. The highest BCUT2D eigenvalue weighted by Gasteiger charge is 2.19. The van der Waals surface area contributed by atoms with E-state index in [1.807, 2.05) is 28.2 Å². The predicted molar refractivity (Wildman–Crippen MR) is 94.3 cm³/mol. The van der Waals surface area contributed by atoms with Gasteiger partial charge in [-0.3, -0.25) is 4.79 Å². The number of nitrogens with zero attached hydrogens (tertiary/aromatic N) is 2. The normalized spacial score (nSPS) is 13.1. The van der Waals surface area contributed by atoms with Crippen molar-refractivity contribution in [2.24, 2.45) is 5.41 Å². The van der Waals surface area contributed by atoms with Crippen molar-refractivity contribution in [2.45, 2.75) is 33.2 Å². The molecular weight excluding hydrogens is 274 g/mol. The van der Waals surface area contributed by atoms with Crippen molar-refractivity contribution in [3.63, 3.8) is 0 Å². The summed E-state index contributed by atoms with van der Waals surface area (Å²) in [5.41, 5.74) is 2.41. The van der Waals surface area contributed by atoms with Gasteiger partial charge in [0.1, 0.15) is 0 Å². The van der Waals surface area contributed by atoms with E-state index >= 15 is 0 Å². The zero-order valence-corrected chi connectivity index (χ0v) is 15.1. The molecule has 124 valence electrons. The van der Waals surface area contributed by atoms with Crippen LogP contribution >= 0.6 is 0 Å². The Hall–Kier alpha value is -1.55. The lowest BCUT2D eigenvalue weighted by Gasteiger charge is -2.26. The van der Waals surface area contributed by atoms with E-state index in [4.69, 9.17) is 0 Å². The van der Waals surface area contributed by atoms with E-state index in [9.17, 15) is 4.79 Å². The van der Waals surface area contributed by atoms with Crippen molar-refractivity contribution >= 4 is 11.6 Å². The summed E-state index contributed by atoms with van der Waals surface area (Å²) in [7, 11) is 8.15. The lowest BCUT2D eigenvalue weighted by molar-refractivity contribution is -0.123. The predicted octanol–water partition coefficient (Wildman–Crippen LogP) is 2.91. The Labute approximate surface area is 135 Å². The van der Waals surface area contributed by atoms with Gasteiger partial charge in [0, 0.05) is 32.7 Å². The second-order valence-electron chi connectivity index (χ2n) is 7.51. The molecule has 0 aliphatic carbocycles. The zero-order chi connectivity index (χ0) is 16.9. The molecule has 1 amide bonds. The van der Waals surface area contributed by atoms with Crippen LogP contribution in [0.1, 0.15) is 38.8 Å². The molecule has 1 aromatic rings. The molecule has 1 N–H and O–H groups in total. The number of nitrogens with one attached hydrogen (secondary N) is 1. The Bertz CT molecular complexity index is 472. The average Bonchev–Trinajstić information content (AvgIpc) is 2.37. The molecule has 0 aliphatic rings. The van der Waals surface area contributed by atoms with Crippen molar-refractivity contribution in [3.05, 3.63) is 29.8 Å². The fourth-order valence-electron chi connectivity index (χ4n) is 2.35. The first kappa shape index (κ1) is 18.5. The number of carbonyl (C=O) groups excluding carboxylic acids is 1.